The van der Waals surface area contributed by atoms with E-state index in [1.54, 1.807) is 30.3 Å². The number of hydrogen-bond acceptors (Lipinski definition) is 4. The maximum atomic E-state index is 13.1. The second-order valence-corrected chi connectivity index (χ2v) is 8.37. The molecule has 0 saturated carbocycles. The fourth-order valence-corrected chi connectivity index (χ4v) is 4.28. The van der Waals surface area contributed by atoms with Crippen molar-refractivity contribution in [3.63, 3.8) is 0 Å². The van der Waals surface area contributed by atoms with E-state index in [2.05, 4.69) is 6.07 Å². The number of aliphatic hydroxyl groups is 1. The Morgan fingerprint density at radius 1 is 0.735 bits per heavy atom. The third-order valence-electron chi connectivity index (χ3n) is 6.06. The van der Waals surface area contributed by atoms with Crippen LogP contribution in [0.4, 0.5) is 0 Å². The van der Waals surface area contributed by atoms with Gasteiger partial charge in [-0.3, -0.25) is 4.79 Å². The van der Waals surface area contributed by atoms with Crippen molar-refractivity contribution in [1.29, 1.82) is 0 Å². The minimum absolute atomic E-state index is 0.0107. The highest BCUT2D eigenvalue weighted by molar-refractivity contribution is 6.14. The molecule has 0 unspecified atom stereocenters. The van der Waals surface area contributed by atoms with Crippen molar-refractivity contribution in [3.8, 4) is 11.5 Å². The fourth-order valence-electron chi connectivity index (χ4n) is 4.28. The van der Waals surface area contributed by atoms with Crippen molar-refractivity contribution >= 4 is 11.8 Å². The summed E-state index contributed by atoms with van der Waals surface area (Å²) >= 11 is 0. The van der Waals surface area contributed by atoms with Crippen LogP contribution >= 0.6 is 0 Å². The zero-order chi connectivity index (χ0) is 23.7. The summed E-state index contributed by atoms with van der Waals surface area (Å²) in [5.41, 5.74) is 5.69. The summed E-state index contributed by atoms with van der Waals surface area (Å²) in [6.07, 6.45) is 1.37. The Bertz CT molecular complexity index is 1400. The van der Waals surface area contributed by atoms with Crippen LogP contribution in [-0.4, -0.2) is 22.0 Å². The van der Waals surface area contributed by atoms with Crippen LogP contribution in [0, 0.1) is 0 Å². The zero-order valence-electron chi connectivity index (χ0n) is 18.3. The molecule has 0 atom stereocenters. The molecule has 0 radical (unpaired) electrons. The predicted molar refractivity (Wildman–Crippen MR) is 128 cm³/mol. The quantitative estimate of drug-likeness (QED) is 0.339. The van der Waals surface area contributed by atoms with E-state index in [4.69, 9.17) is 4.74 Å². The number of fused-ring (bicyclic) bond motifs is 2. The minimum atomic E-state index is -1.13. The molecule has 2 N–H and O–H groups in total. The Labute approximate surface area is 196 Å². The van der Waals surface area contributed by atoms with Crippen LogP contribution < -0.4 is 4.74 Å². The summed E-state index contributed by atoms with van der Waals surface area (Å²) in [5, 5.41) is 18.7. The molecule has 0 aliphatic carbocycles. The van der Waals surface area contributed by atoms with Crippen molar-refractivity contribution in [2.45, 2.75) is 19.4 Å². The molecule has 168 valence electrons. The first-order valence-corrected chi connectivity index (χ1v) is 11.0. The van der Waals surface area contributed by atoms with Crippen molar-refractivity contribution in [2.24, 2.45) is 0 Å². The largest absolute Gasteiger partial charge is 0.478 e. The van der Waals surface area contributed by atoms with Gasteiger partial charge in [0.25, 0.3) is 0 Å². The number of benzene rings is 4. The molecule has 5 rings (SSSR count). The Morgan fingerprint density at radius 2 is 1.35 bits per heavy atom. The van der Waals surface area contributed by atoms with E-state index < -0.39 is 5.97 Å². The number of ketones is 1. The summed E-state index contributed by atoms with van der Waals surface area (Å²) in [4.78, 5) is 24.6. The van der Waals surface area contributed by atoms with Gasteiger partial charge in [0.1, 0.15) is 11.5 Å². The van der Waals surface area contributed by atoms with E-state index in [1.165, 1.54) is 12.1 Å². The van der Waals surface area contributed by atoms with E-state index in [1.807, 2.05) is 36.4 Å². The lowest BCUT2D eigenvalue weighted by atomic mass is 9.92. The molecule has 0 saturated heterocycles. The van der Waals surface area contributed by atoms with Crippen LogP contribution in [0.15, 0.2) is 84.9 Å². The van der Waals surface area contributed by atoms with Gasteiger partial charge in [0, 0.05) is 23.1 Å². The van der Waals surface area contributed by atoms with Gasteiger partial charge in [0.05, 0.1) is 12.2 Å². The van der Waals surface area contributed by atoms with Crippen molar-refractivity contribution in [2.75, 3.05) is 0 Å². The lowest BCUT2D eigenvalue weighted by molar-refractivity contribution is 0.0692. The van der Waals surface area contributed by atoms with Crippen LogP contribution in [-0.2, 0) is 19.4 Å². The van der Waals surface area contributed by atoms with Gasteiger partial charge in [0.15, 0.2) is 5.78 Å². The number of carbonyl (C=O) groups excluding carboxylic acids is 1. The zero-order valence-corrected chi connectivity index (χ0v) is 18.3. The number of carbonyl (C=O) groups is 2. The average Bonchev–Trinajstić information content (AvgIpc) is 2.87. The highest BCUT2D eigenvalue weighted by atomic mass is 16.5. The molecule has 4 aromatic rings. The van der Waals surface area contributed by atoms with Gasteiger partial charge >= 0.3 is 5.97 Å². The Hall–Kier alpha value is -4.22. The Kier molecular flexibility index (Phi) is 5.70. The number of aliphatic hydroxyl groups excluding tert-OH is 1. The number of carboxylic acid groups (broad SMARTS) is 1. The molecular formula is C29H22O5. The van der Waals surface area contributed by atoms with Gasteiger partial charge in [-0.2, -0.15) is 0 Å². The lowest BCUT2D eigenvalue weighted by Gasteiger charge is -2.21. The van der Waals surface area contributed by atoms with Gasteiger partial charge in [-0.25, -0.2) is 4.79 Å². The molecule has 5 heteroatoms. The van der Waals surface area contributed by atoms with Crippen molar-refractivity contribution in [1.82, 2.24) is 0 Å². The monoisotopic (exact) mass is 450 g/mol. The fraction of sp³-hybridized carbons (Fsp3) is 0.103. The molecule has 0 fully saturated rings. The molecule has 1 aliphatic rings. The summed E-state index contributed by atoms with van der Waals surface area (Å²) in [6, 6.07) is 25.5. The Balaban J connectivity index is 1.40. The maximum Gasteiger partial charge on any atom is 0.336 e. The SMILES string of the molecule is O=C(O)c1ccccc1C(=O)c1ccc2c(c1)Cc1cc(Cc3ccc(CO)cc3)ccc1O2. The highest BCUT2D eigenvalue weighted by Gasteiger charge is 2.22. The number of hydrogen-bond donors (Lipinski definition) is 2. The minimum Gasteiger partial charge on any atom is -0.478 e. The normalized spacial score (nSPS) is 11.8. The summed E-state index contributed by atoms with van der Waals surface area (Å²) in [6.45, 7) is 0.0300. The number of rotatable bonds is 6. The maximum absolute atomic E-state index is 13.1. The number of ether oxygens (including phenoxy) is 1. The average molecular weight is 450 g/mol. The van der Waals surface area contributed by atoms with Crippen molar-refractivity contribution in [3.05, 3.63) is 129 Å². The summed E-state index contributed by atoms with van der Waals surface area (Å²) in [7, 11) is 0. The molecule has 0 spiro atoms. The second-order valence-electron chi connectivity index (χ2n) is 8.37. The van der Waals surface area contributed by atoms with E-state index in [0.717, 1.165) is 40.0 Å². The van der Waals surface area contributed by atoms with Gasteiger partial charge in [0.2, 0.25) is 0 Å². The van der Waals surface area contributed by atoms with Gasteiger partial charge in [-0.1, -0.05) is 54.6 Å². The molecule has 4 aromatic carbocycles. The van der Waals surface area contributed by atoms with Crippen LogP contribution in [0.25, 0.3) is 0 Å². The third kappa shape index (κ3) is 4.21. The van der Waals surface area contributed by atoms with Gasteiger partial charge < -0.3 is 14.9 Å². The molecule has 34 heavy (non-hydrogen) atoms. The highest BCUT2D eigenvalue weighted by Crippen LogP contribution is 2.38. The van der Waals surface area contributed by atoms with Crippen LogP contribution in [0.1, 0.15) is 54.1 Å². The standard InChI is InChI=1S/C29H22O5/c30-17-19-7-5-18(6-8-19)13-20-9-11-26-22(14-20)16-23-15-21(10-12-27(23)34-26)28(31)24-3-1-2-4-25(24)29(32)33/h1-12,14-15,30H,13,16-17H2,(H,32,33). The second kappa shape index (κ2) is 8.96. The molecule has 1 aliphatic heterocycles. The van der Waals surface area contributed by atoms with Crippen molar-refractivity contribution < 1.29 is 24.5 Å². The van der Waals surface area contributed by atoms with Crippen LogP contribution in [0.5, 0.6) is 11.5 Å². The Morgan fingerprint density at radius 3 is 2.06 bits per heavy atom. The lowest BCUT2D eigenvalue weighted by Crippen LogP contribution is -2.11. The van der Waals surface area contributed by atoms with Crippen LogP contribution in [0.2, 0.25) is 0 Å². The van der Waals surface area contributed by atoms with Gasteiger partial charge in [-0.15, -0.1) is 0 Å². The van der Waals surface area contributed by atoms with E-state index >= 15 is 0 Å². The van der Waals surface area contributed by atoms with E-state index in [0.29, 0.717) is 17.7 Å². The first kappa shape index (κ1) is 21.6. The summed E-state index contributed by atoms with van der Waals surface area (Å²) < 4.78 is 6.08. The first-order valence-electron chi connectivity index (χ1n) is 11.0. The number of aromatic carboxylic acids is 1. The van der Waals surface area contributed by atoms with E-state index in [9.17, 15) is 19.8 Å². The first-order chi connectivity index (χ1) is 16.5. The smallest absolute Gasteiger partial charge is 0.336 e. The molecule has 0 amide bonds. The molecule has 5 nitrogen and oxygen atoms in total. The molecule has 0 aromatic heterocycles. The summed E-state index contributed by atoms with van der Waals surface area (Å²) in [5.74, 6) is 0.0365. The third-order valence-corrected chi connectivity index (χ3v) is 6.06. The van der Waals surface area contributed by atoms with Gasteiger partial charge in [-0.05, 0) is 59.0 Å². The topological polar surface area (TPSA) is 83.8 Å². The predicted octanol–water partition coefficient (Wildman–Crippen LogP) is 5.40. The number of carboxylic acids is 1. The van der Waals surface area contributed by atoms with E-state index in [-0.39, 0.29) is 23.5 Å². The molecule has 1 heterocycles. The molecule has 0 bridgehead atoms. The molecular weight excluding hydrogens is 428 g/mol. The van der Waals surface area contributed by atoms with Crippen LogP contribution in [0.3, 0.4) is 0 Å².